The van der Waals surface area contributed by atoms with Crippen molar-refractivity contribution < 1.29 is 23.8 Å². The number of para-hydroxylation sites is 2. The van der Waals surface area contributed by atoms with Gasteiger partial charge < -0.3 is 19.5 Å². The number of esters is 1. The predicted molar refractivity (Wildman–Crippen MR) is 136 cm³/mol. The molecule has 0 fully saturated rings. The molecule has 0 atom stereocenters. The Morgan fingerprint density at radius 1 is 0.944 bits per heavy atom. The van der Waals surface area contributed by atoms with Crippen LogP contribution in [0.3, 0.4) is 0 Å². The lowest BCUT2D eigenvalue weighted by molar-refractivity contribution is -0.119. The lowest BCUT2D eigenvalue weighted by Crippen LogP contribution is -2.21. The maximum absolute atomic E-state index is 13.3. The van der Waals surface area contributed by atoms with Crippen molar-refractivity contribution in [1.82, 2.24) is 4.98 Å². The Morgan fingerprint density at radius 3 is 2.64 bits per heavy atom. The van der Waals surface area contributed by atoms with Gasteiger partial charge in [0.25, 0.3) is 5.91 Å². The lowest BCUT2D eigenvalue weighted by atomic mass is 10.0. The summed E-state index contributed by atoms with van der Waals surface area (Å²) >= 11 is 0. The number of hydrogen-bond acceptors (Lipinski definition) is 6. The van der Waals surface area contributed by atoms with E-state index in [1.54, 1.807) is 12.1 Å². The molecule has 178 valence electrons. The second kappa shape index (κ2) is 9.19. The van der Waals surface area contributed by atoms with Crippen molar-refractivity contribution >= 4 is 40.1 Å². The molecule has 0 saturated carbocycles. The zero-order valence-electron chi connectivity index (χ0n) is 19.3. The minimum absolute atomic E-state index is 0.223. The van der Waals surface area contributed by atoms with E-state index in [9.17, 15) is 9.59 Å². The van der Waals surface area contributed by atoms with Crippen LogP contribution < -0.4 is 14.8 Å². The molecule has 36 heavy (non-hydrogen) atoms. The molecule has 2 aliphatic rings. The van der Waals surface area contributed by atoms with Gasteiger partial charge >= 0.3 is 5.97 Å². The third kappa shape index (κ3) is 4.15. The summed E-state index contributed by atoms with van der Waals surface area (Å²) in [5, 5.41) is 3.45. The van der Waals surface area contributed by atoms with Gasteiger partial charge in [-0.1, -0.05) is 42.5 Å². The minimum atomic E-state index is -0.530. The summed E-state index contributed by atoms with van der Waals surface area (Å²) in [5.74, 6) is 0.520. The number of benzene rings is 3. The van der Waals surface area contributed by atoms with Gasteiger partial charge in [0, 0.05) is 11.1 Å². The van der Waals surface area contributed by atoms with Crippen molar-refractivity contribution in [2.75, 3.05) is 18.7 Å². The summed E-state index contributed by atoms with van der Waals surface area (Å²) in [6.45, 7) is -0.153. The molecule has 0 spiro atoms. The van der Waals surface area contributed by atoms with Crippen molar-refractivity contribution in [3.8, 4) is 11.5 Å². The van der Waals surface area contributed by atoms with Crippen LogP contribution in [0.1, 0.15) is 33.6 Å². The van der Waals surface area contributed by atoms with E-state index in [-0.39, 0.29) is 13.4 Å². The highest BCUT2D eigenvalue weighted by molar-refractivity contribution is 6.08. The van der Waals surface area contributed by atoms with Crippen LogP contribution in [0.5, 0.6) is 11.5 Å². The Kier molecular flexibility index (Phi) is 5.58. The maximum atomic E-state index is 13.3. The second-order valence-electron chi connectivity index (χ2n) is 8.60. The lowest BCUT2D eigenvalue weighted by Gasteiger charge is -2.12. The molecule has 2 heterocycles. The van der Waals surface area contributed by atoms with Crippen LogP contribution in [0, 0.1) is 0 Å². The molecular formula is C29H22N2O5. The molecule has 7 nitrogen and oxygen atoms in total. The van der Waals surface area contributed by atoms with E-state index in [1.807, 2.05) is 60.7 Å². The average molecular weight is 479 g/mol. The molecule has 1 aromatic heterocycles. The van der Waals surface area contributed by atoms with Crippen LogP contribution in [0.15, 0.2) is 72.8 Å². The van der Waals surface area contributed by atoms with Gasteiger partial charge in [0.1, 0.15) is 0 Å². The minimum Gasteiger partial charge on any atom is -0.454 e. The molecule has 7 heteroatoms. The Labute approximate surface area is 207 Å². The molecular weight excluding hydrogens is 456 g/mol. The van der Waals surface area contributed by atoms with Gasteiger partial charge in [0.2, 0.25) is 6.79 Å². The molecule has 3 aromatic carbocycles. The number of nitrogens with zero attached hydrogens (tertiary/aromatic N) is 1. The molecule has 1 aliphatic carbocycles. The van der Waals surface area contributed by atoms with Gasteiger partial charge in [0.05, 0.1) is 16.8 Å². The van der Waals surface area contributed by atoms with Crippen LogP contribution in [-0.2, 0) is 16.0 Å². The SMILES string of the molecule is O=C(COC(=O)c1c2c(nc3ccccc13)C(=Cc1ccc3c(c1)OCO3)CC2)Nc1ccccc1. The molecule has 0 radical (unpaired) electrons. The van der Waals surface area contributed by atoms with Crippen LogP contribution >= 0.6 is 0 Å². The fourth-order valence-corrected chi connectivity index (χ4v) is 4.64. The van der Waals surface area contributed by atoms with Crippen molar-refractivity contribution in [1.29, 1.82) is 0 Å². The molecule has 0 bridgehead atoms. The monoisotopic (exact) mass is 478 g/mol. The zero-order valence-corrected chi connectivity index (χ0v) is 19.3. The van der Waals surface area contributed by atoms with E-state index in [2.05, 4.69) is 11.4 Å². The number of carbonyl (C=O) groups excluding carboxylic acids is 2. The number of nitrogens with one attached hydrogen (secondary N) is 1. The Balaban J connectivity index is 1.30. The average Bonchev–Trinajstić information content (AvgIpc) is 3.53. The largest absolute Gasteiger partial charge is 0.454 e. The Bertz CT molecular complexity index is 1530. The normalized spacial score (nSPS) is 14.6. The molecule has 1 aliphatic heterocycles. The number of rotatable bonds is 5. The van der Waals surface area contributed by atoms with E-state index in [4.69, 9.17) is 19.2 Å². The zero-order chi connectivity index (χ0) is 24.5. The first-order valence-electron chi connectivity index (χ1n) is 11.7. The molecule has 1 N–H and O–H groups in total. The van der Waals surface area contributed by atoms with Crippen LogP contribution in [-0.4, -0.2) is 30.3 Å². The van der Waals surface area contributed by atoms with Crippen molar-refractivity contribution in [3.63, 3.8) is 0 Å². The standard InChI is InChI=1S/C29H22N2O5/c32-26(30-20-6-2-1-3-7-20)16-34-29(33)27-21-8-4-5-9-23(21)31-28-19(11-12-22(27)28)14-18-10-13-24-25(15-18)36-17-35-24/h1-10,13-15H,11-12,16-17H2,(H,30,32). The van der Waals surface area contributed by atoms with E-state index in [1.165, 1.54) is 0 Å². The first-order valence-corrected chi connectivity index (χ1v) is 11.7. The number of allylic oxidation sites excluding steroid dienone is 1. The number of carbonyl (C=O) groups is 2. The molecule has 6 rings (SSSR count). The number of hydrogen-bond donors (Lipinski definition) is 1. The third-order valence-electron chi connectivity index (χ3n) is 6.28. The molecule has 4 aromatic rings. The highest BCUT2D eigenvalue weighted by Crippen LogP contribution is 2.39. The highest BCUT2D eigenvalue weighted by Gasteiger charge is 2.28. The van der Waals surface area contributed by atoms with Crippen molar-refractivity contribution in [3.05, 3.63) is 95.2 Å². The summed E-state index contributed by atoms with van der Waals surface area (Å²) < 4.78 is 16.4. The summed E-state index contributed by atoms with van der Waals surface area (Å²) in [6, 6.07) is 22.4. The number of amides is 1. The van der Waals surface area contributed by atoms with Gasteiger partial charge in [-0.15, -0.1) is 0 Å². The third-order valence-corrected chi connectivity index (χ3v) is 6.28. The number of fused-ring (bicyclic) bond motifs is 3. The topological polar surface area (TPSA) is 86.8 Å². The van der Waals surface area contributed by atoms with Gasteiger partial charge in [-0.2, -0.15) is 0 Å². The van der Waals surface area contributed by atoms with Crippen LogP contribution in [0.4, 0.5) is 5.69 Å². The second-order valence-corrected chi connectivity index (χ2v) is 8.60. The van der Waals surface area contributed by atoms with Gasteiger partial charge in [-0.25, -0.2) is 9.78 Å². The number of anilines is 1. The highest BCUT2D eigenvalue weighted by atomic mass is 16.7. The predicted octanol–water partition coefficient (Wildman–Crippen LogP) is 5.25. The fraction of sp³-hybridized carbons (Fsp3) is 0.138. The van der Waals surface area contributed by atoms with Crippen LogP contribution in [0.25, 0.3) is 22.6 Å². The molecule has 1 amide bonds. The number of pyridine rings is 1. The Hall–Kier alpha value is -4.65. The van der Waals surface area contributed by atoms with Crippen molar-refractivity contribution in [2.24, 2.45) is 0 Å². The van der Waals surface area contributed by atoms with E-state index < -0.39 is 11.9 Å². The maximum Gasteiger partial charge on any atom is 0.339 e. The van der Waals surface area contributed by atoms with E-state index >= 15 is 0 Å². The fourth-order valence-electron chi connectivity index (χ4n) is 4.64. The molecule has 0 saturated heterocycles. The van der Waals surface area contributed by atoms with Crippen molar-refractivity contribution in [2.45, 2.75) is 12.8 Å². The summed E-state index contributed by atoms with van der Waals surface area (Å²) in [5.41, 5.74) is 5.45. The first kappa shape index (κ1) is 21.9. The summed E-state index contributed by atoms with van der Waals surface area (Å²) in [4.78, 5) is 30.5. The smallest absolute Gasteiger partial charge is 0.339 e. The van der Waals surface area contributed by atoms with Gasteiger partial charge in [-0.3, -0.25) is 4.79 Å². The van der Waals surface area contributed by atoms with E-state index in [0.717, 1.165) is 34.6 Å². The van der Waals surface area contributed by atoms with Gasteiger partial charge in [-0.05, 0) is 65.9 Å². The number of ether oxygens (including phenoxy) is 3. The quantitative estimate of drug-likeness (QED) is 0.395. The summed E-state index contributed by atoms with van der Waals surface area (Å²) in [7, 11) is 0. The summed E-state index contributed by atoms with van der Waals surface area (Å²) in [6.07, 6.45) is 3.46. The Morgan fingerprint density at radius 2 is 1.75 bits per heavy atom. The van der Waals surface area contributed by atoms with Crippen LogP contribution in [0.2, 0.25) is 0 Å². The molecule has 0 unspecified atom stereocenters. The first-order chi connectivity index (χ1) is 17.7. The van der Waals surface area contributed by atoms with E-state index in [0.29, 0.717) is 34.3 Å². The van der Waals surface area contributed by atoms with Gasteiger partial charge in [0.15, 0.2) is 18.1 Å². The number of aromatic nitrogens is 1.